The molecule has 0 aliphatic heterocycles. The molecule has 0 saturated carbocycles. The first kappa shape index (κ1) is 14.0. The summed E-state index contributed by atoms with van der Waals surface area (Å²) >= 11 is 0. The van der Waals surface area contributed by atoms with Gasteiger partial charge in [-0.05, 0) is 31.0 Å². The summed E-state index contributed by atoms with van der Waals surface area (Å²) in [6, 6.07) is 6.54. The maximum absolute atomic E-state index is 13.6. The molecule has 0 aliphatic carbocycles. The molecule has 2 aromatic rings. The second-order valence-corrected chi connectivity index (χ2v) is 4.48. The number of carbonyl (C=O) groups is 1. The summed E-state index contributed by atoms with van der Waals surface area (Å²) in [5, 5.41) is 12.0. The minimum absolute atomic E-state index is 0.512. The lowest BCUT2D eigenvalue weighted by Crippen LogP contribution is -2.15. The zero-order chi connectivity index (χ0) is 14.9. The molecular formula is C15H13F2NO2. The Bertz CT molecular complexity index is 661. The fourth-order valence-corrected chi connectivity index (χ4v) is 1.86. The Morgan fingerprint density at radius 3 is 2.55 bits per heavy atom. The van der Waals surface area contributed by atoms with Crippen LogP contribution >= 0.6 is 0 Å². The molecule has 3 nitrogen and oxygen atoms in total. The van der Waals surface area contributed by atoms with E-state index in [1.165, 1.54) is 0 Å². The molecule has 0 atom stereocenters. The van der Waals surface area contributed by atoms with E-state index < -0.39 is 28.9 Å². The Morgan fingerprint density at radius 2 is 1.90 bits per heavy atom. The minimum Gasteiger partial charge on any atom is -0.507 e. The van der Waals surface area contributed by atoms with Gasteiger partial charge in [0, 0.05) is 17.8 Å². The molecule has 20 heavy (non-hydrogen) atoms. The van der Waals surface area contributed by atoms with Gasteiger partial charge in [0.1, 0.15) is 22.9 Å². The minimum atomic E-state index is -1.11. The molecule has 0 spiro atoms. The van der Waals surface area contributed by atoms with E-state index in [-0.39, 0.29) is 0 Å². The highest BCUT2D eigenvalue weighted by molar-refractivity contribution is 6.06. The number of aromatic hydroxyl groups is 1. The average Bonchev–Trinajstić information content (AvgIpc) is 2.33. The van der Waals surface area contributed by atoms with E-state index in [9.17, 15) is 18.7 Å². The largest absolute Gasteiger partial charge is 0.507 e. The molecule has 0 heterocycles. The number of carbonyl (C=O) groups excluding carboxylic acids is 1. The molecule has 0 radical (unpaired) electrons. The molecule has 0 fully saturated rings. The number of phenols is 1. The van der Waals surface area contributed by atoms with Gasteiger partial charge in [0.15, 0.2) is 0 Å². The molecule has 5 heteroatoms. The van der Waals surface area contributed by atoms with Crippen LogP contribution in [0, 0.1) is 25.5 Å². The van der Waals surface area contributed by atoms with Gasteiger partial charge < -0.3 is 10.4 Å². The van der Waals surface area contributed by atoms with Crippen LogP contribution in [0.3, 0.4) is 0 Å². The molecule has 0 unspecified atom stereocenters. The first-order valence-electron chi connectivity index (χ1n) is 5.95. The van der Waals surface area contributed by atoms with Crippen LogP contribution < -0.4 is 5.32 Å². The van der Waals surface area contributed by atoms with Crippen molar-refractivity contribution in [2.45, 2.75) is 13.8 Å². The predicted octanol–water partition coefficient (Wildman–Crippen LogP) is 3.54. The van der Waals surface area contributed by atoms with Crippen molar-refractivity contribution in [1.29, 1.82) is 0 Å². The summed E-state index contributed by atoms with van der Waals surface area (Å²) < 4.78 is 26.5. The molecular weight excluding hydrogens is 264 g/mol. The highest BCUT2D eigenvalue weighted by Gasteiger charge is 2.19. The van der Waals surface area contributed by atoms with E-state index >= 15 is 0 Å². The van der Waals surface area contributed by atoms with Gasteiger partial charge in [0.2, 0.25) is 0 Å². The van der Waals surface area contributed by atoms with Gasteiger partial charge >= 0.3 is 0 Å². The fourth-order valence-electron chi connectivity index (χ4n) is 1.86. The van der Waals surface area contributed by atoms with Gasteiger partial charge in [0.05, 0.1) is 0 Å². The van der Waals surface area contributed by atoms with Crippen LogP contribution in [0.1, 0.15) is 21.5 Å². The summed E-state index contributed by atoms with van der Waals surface area (Å²) in [6.07, 6.45) is 0. The zero-order valence-corrected chi connectivity index (χ0v) is 11.0. The number of aryl methyl sites for hydroxylation is 1. The van der Waals surface area contributed by atoms with E-state index in [1.807, 2.05) is 19.9 Å². The Hall–Kier alpha value is -2.43. The topological polar surface area (TPSA) is 49.3 Å². The number of hydrogen-bond acceptors (Lipinski definition) is 2. The van der Waals surface area contributed by atoms with Crippen molar-refractivity contribution in [3.05, 3.63) is 58.7 Å². The smallest absolute Gasteiger partial charge is 0.262 e. The highest BCUT2D eigenvalue weighted by Crippen LogP contribution is 2.25. The SMILES string of the molecule is Cc1cccc(NC(=O)c2c(O)cc(F)cc2F)c1C. The van der Waals surface area contributed by atoms with E-state index in [2.05, 4.69) is 5.32 Å². The Morgan fingerprint density at radius 1 is 1.20 bits per heavy atom. The number of nitrogens with one attached hydrogen (secondary N) is 1. The van der Waals surface area contributed by atoms with Gasteiger partial charge in [-0.2, -0.15) is 0 Å². The standard InChI is InChI=1S/C15H13F2NO2/c1-8-4-3-5-12(9(8)2)18-15(20)14-11(17)6-10(16)7-13(14)19/h3-7,19H,1-2H3,(H,18,20). The molecule has 2 aromatic carbocycles. The number of anilines is 1. The first-order valence-corrected chi connectivity index (χ1v) is 5.95. The number of halogens is 2. The van der Waals surface area contributed by atoms with Crippen molar-refractivity contribution in [2.24, 2.45) is 0 Å². The first-order chi connectivity index (χ1) is 9.40. The summed E-state index contributed by atoms with van der Waals surface area (Å²) in [5.74, 6) is -3.60. The lowest BCUT2D eigenvalue weighted by Gasteiger charge is -2.11. The highest BCUT2D eigenvalue weighted by atomic mass is 19.1. The molecule has 0 saturated heterocycles. The van der Waals surface area contributed by atoms with Crippen molar-refractivity contribution in [1.82, 2.24) is 0 Å². The van der Waals surface area contributed by atoms with Crippen LogP contribution in [0.5, 0.6) is 5.75 Å². The van der Waals surface area contributed by atoms with Crippen molar-refractivity contribution < 1.29 is 18.7 Å². The average molecular weight is 277 g/mol. The number of benzene rings is 2. The van der Waals surface area contributed by atoms with Gasteiger partial charge in [0.25, 0.3) is 5.91 Å². The third-order valence-corrected chi connectivity index (χ3v) is 3.11. The molecule has 2 rings (SSSR count). The van der Waals surface area contributed by atoms with Gasteiger partial charge in [-0.3, -0.25) is 4.79 Å². The van der Waals surface area contributed by atoms with Crippen molar-refractivity contribution >= 4 is 11.6 Å². The summed E-state index contributed by atoms with van der Waals surface area (Å²) in [4.78, 5) is 12.0. The Labute approximate surface area is 114 Å². The van der Waals surface area contributed by atoms with Crippen LogP contribution in [-0.4, -0.2) is 11.0 Å². The van der Waals surface area contributed by atoms with Crippen LogP contribution in [0.2, 0.25) is 0 Å². The maximum atomic E-state index is 13.6. The maximum Gasteiger partial charge on any atom is 0.262 e. The quantitative estimate of drug-likeness (QED) is 0.882. The lowest BCUT2D eigenvalue weighted by molar-refractivity contribution is 0.102. The van der Waals surface area contributed by atoms with Gasteiger partial charge in [-0.15, -0.1) is 0 Å². The predicted molar refractivity (Wildman–Crippen MR) is 71.9 cm³/mol. The van der Waals surface area contributed by atoms with Crippen LogP contribution in [-0.2, 0) is 0 Å². The number of phenolic OH excluding ortho intramolecular Hbond substituents is 1. The van der Waals surface area contributed by atoms with Crippen LogP contribution in [0.25, 0.3) is 0 Å². The molecule has 0 aromatic heterocycles. The molecule has 104 valence electrons. The molecule has 1 amide bonds. The van der Waals surface area contributed by atoms with E-state index in [4.69, 9.17) is 0 Å². The van der Waals surface area contributed by atoms with E-state index in [1.54, 1.807) is 12.1 Å². The van der Waals surface area contributed by atoms with Crippen LogP contribution in [0.15, 0.2) is 30.3 Å². The monoisotopic (exact) mass is 277 g/mol. The summed E-state index contributed by atoms with van der Waals surface area (Å²) in [6.45, 7) is 3.69. The van der Waals surface area contributed by atoms with Gasteiger partial charge in [-0.25, -0.2) is 8.78 Å². The Kier molecular flexibility index (Phi) is 3.70. The second kappa shape index (κ2) is 5.28. The fraction of sp³-hybridized carbons (Fsp3) is 0.133. The van der Waals surface area contributed by atoms with Gasteiger partial charge in [-0.1, -0.05) is 12.1 Å². The lowest BCUT2D eigenvalue weighted by atomic mass is 10.1. The van der Waals surface area contributed by atoms with Crippen molar-refractivity contribution in [3.63, 3.8) is 0 Å². The normalized spacial score (nSPS) is 10.4. The summed E-state index contributed by atoms with van der Waals surface area (Å²) in [5.41, 5.74) is 1.74. The molecule has 2 N–H and O–H groups in total. The second-order valence-electron chi connectivity index (χ2n) is 4.48. The number of hydrogen-bond donors (Lipinski definition) is 2. The van der Waals surface area contributed by atoms with E-state index in [0.717, 1.165) is 11.1 Å². The number of amides is 1. The Balaban J connectivity index is 2.36. The zero-order valence-electron chi connectivity index (χ0n) is 11.0. The third kappa shape index (κ3) is 2.61. The molecule has 0 aliphatic rings. The van der Waals surface area contributed by atoms with Crippen molar-refractivity contribution in [2.75, 3.05) is 5.32 Å². The summed E-state index contributed by atoms with van der Waals surface area (Å²) in [7, 11) is 0. The van der Waals surface area contributed by atoms with Crippen LogP contribution in [0.4, 0.5) is 14.5 Å². The third-order valence-electron chi connectivity index (χ3n) is 3.11. The van der Waals surface area contributed by atoms with E-state index in [0.29, 0.717) is 17.8 Å². The number of rotatable bonds is 2. The molecule has 0 bridgehead atoms. The van der Waals surface area contributed by atoms with Crippen molar-refractivity contribution in [3.8, 4) is 5.75 Å².